The normalized spacial score (nSPS) is 10.5. The van der Waals surface area contributed by atoms with E-state index >= 15 is 0 Å². The van der Waals surface area contributed by atoms with Crippen LogP contribution in [0.25, 0.3) is 0 Å². The number of rotatable bonds is 4. The number of furan rings is 1. The molecule has 5 heteroatoms. The molecule has 0 aromatic carbocycles. The van der Waals surface area contributed by atoms with Gasteiger partial charge >= 0.3 is 0 Å². The Labute approximate surface area is 104 Å². The van der Waals surface area contributed by atoms with Crippen molar-refractivity contribution in [1.29, 1.82) is 0 Å². The highest BCUT2D eigenvalue weighted by Crippen LogP contribution is 2.21. The molecule has 0 aliphatic heterocycles. The monoisotopic (exact) mass is 254 g/mol. The van der Waals surface area contributed by atoms with E-state index in [1.807, 2.05) is 24.1 Å². The molecule has 2 heterocycles. The molecule has 0 unspecified atom stereocenters. The van der Waals surface area contributed by atoms with Crippen LogP contribution in [0, 0.1) is 5.82 Å². The van der Waals surface area contributed by atoms with E-state index in [9.17, 15) is 4.39 Å². The molecule has 2 rings (SSSR count). The first-order chi connectivity index (χ1) is 8.20. The lowest BCUT2D eigenvalue weighted by Crippen LogP contribution is -2.19. The molecule has 0 aliphatic carbocycles. The minimum absolute atomic E-state index is 0.225. The highest BCUT2D eigenvalue weighted by Gasteiger charge is 2.11. The van der Waals surface area contributed by atoms with Crippen molar-refractivity contribution in [3.05, 3.63) is 47.8 Å². The Kier molecular flexibility index (Phi) is 3.64. The van der Waals surface area contributed by atoms with E-state index in [0.717, 1.165) is 5.76 Å². The van der Waals surface area contributed by atoms with Crippen LogP contribution in [0.15, 0.2) is 35.1 Å². The molecule has 90 valence electrons. The van der Waals surface area contributed by atoms with Crippen molar-refractivity contribution in [2.24, 2.45) is 0 Å². The first kappa shape index (κ1) is 11.9. The van der Waals surface area contributed by atoms with Crippen LogP contribution in [-0.2, 0) is 12.4 Å². The summed E-state index contributed by atoms with van der Waals surface area (Å²) in [6.45, 7) is 0.565. The number of hydrogen-bond acceptors (Lipinski definition) is 3. The maximum Gasteiger partial charge on any atom is 0.141 e. The third-order valence-electron chi connectivity index (χ3n) is 2.39. The third-order valence-corrected chi connectivity index (χ3v) is 2.68. The summed E-state index contributed by atoms with van der Waals surface area (Å²) in [7, 11) is 1.86. The first-order valence-corrected chi connectivity index (χ1v) is 5.68. The van der Waals surface area contributed by atoms with Crippen molar-refractivity contribution >= 4 is 17.4 Å². The van der Waals surface area contributed by atoms with E-state index in [0.29, 0.717) is 17.9 Å². The maximum absolute atomic E-state index is 13.0. The fourth-order valence-electron chi connectivity index (χ4n) is 1.63. The molecule has 0 spiro atoms. The molecule has 0 fully saturated rings. The van der Waals surface area contributed by atoms with Gasteiger partial charge in [0.1, 0.15) is 17.4 Å². The van der Waals surface area contributed by atoms with Crippen molar-refractivity contribution < 1.29 is 8.81 Å². The second-order valence-corrected chi connectivity index (χ2v) is 3.97. The van der Waals surface area contributed by atoms with Gasteiger partial charge in [-0.05, 0) is 18.2 Å². The van der Waals surface area contributed by atoms with Crippen molar-refractivity contribution in [2.45, 2.75) is 12.4 Å². The van der Waals surface area contributed by atoms with Crippen molar-refractivity contribution in [2.75, 3.05) is 11.9 Å². The number of halogens is 2. The minimum atomic E-state index is -0.379. The summed E-state index contributed by atoms with van der Waals surface area (Å²) in [6.07, 6.45) is 2.80. The van der Waals surface area contributed by atoms with E-state index in [1.165, 1.54) is 12.3 Å². The highest BCUT2D eigenvalue weighted by molar-refractivity contribution is 6.17. The fourth-order valence-corrected chi connectivity index (χ4v) is 1.82. The molecule has 0 saturated heterocycles. The molecule has 0 radical (unpaired) electrons. The number of nitrogens with zero attached hydrogens (tertiary/aromatic N) is 2. The summed E-state index contributed by atoms with van der Waals surface area (Å²) in [5, 5.41) is 0. The lowest BCUT2D eigenvalue weighted by Gasteiger charge is -2.19. The predicted molar refractivity (Wildman–Crippen MR) is 64.6 cm³/mol. The van der Waals surface area contributed by atoms with E-state index < -0.39 is 0 Å². The topological polar surface area (TPSA) is 29.3 Å². The summed E-state index contributed by atoms with van der Waals surface area (Å²) in [4.78, 5) is 5.93. The summed E-state index contributed by atoms with van der Waals surface area (Å²) in [6, 6.07) is 5.10. The molecular formula is C12H12ClFN2O. The van der Waals surface area contributed by atoms with Crippen LogP contribution in [-0.4, -0.2) is 12.0 Å². The summed E-state index contributed by atoms with van der Waals surface area (Å²) < 4.78 is 18.3. The van der Waals surface area contributed by atoms with Crippen LogP contribution >= 0.6 is 11.6 Å². The Morgan fingerprint density at radius 3 is 3.00 bits per heavy atom. The molecule has 0 N–H and O–H groups in total. The van der Waals surface area contributed by atoms with Crippen LogP contribution in [0.5, 0.6) is 0 Å². The largest absolute Gasteiger partial charge is 0.467 e. The van der Waals surface area contributed by atoms with E-state index in [1.54, 1.807) is 6.26 Å². The molecule has 17 heavy (non-hydrogen) atoms. The van der Waals surface area contributed by atoms with Crippen LogP contribution < -0.4 is 4.90 Å². The Hall–Kier alpha value is -1.55. The summed E-state index contributed by atoms with van der Waals surface area (Å²) >= 11 is 5.77. The zero-order chi connectivity index (χ0) is 12.3. The van der Waals surface area contributed by atoms with Gasteiger partial charge in [0, 0.05) is 12.6 Å². The molecule has 0 atom stereocenters. The number of pyridine rings is 1. The molecule has 0 aliphatic rings. The van der Waals surface area contributed by atoms with Gasteiger partial charge in [-0.25, -0.2) is 9.37 Å². The van der Waals surface area contributed by atoms with Gasteiger partial charge < -0.3 is 9.32 Å². The van der Waals surface area contributed by atoms with Crippen molar-refractivity contribution in [1.82, 2.24) is 4.98 Å². The zero-order valence-electron chi connectivity index (χ0n) is 9.36. The number of aromatic nitrogens is 1. The first-order valence-electron chi connectivity index (χ1n) is 5.14. The highest BCUT2D eigenvalue weighted by atomic mass is 35.5. The average molecular weight is 255 g/mol. The lowest BCUT2D eigenvalue weighted by atomic mass is 10.2. The molecule has 2 aromatic rings. The smallest absolute Gasteiger partial charge is 0.141 e. The number of hydrogen-bond donors (Lipinski definition) is 0. The summed E-state index contributed by atoms with van der Waals surface area (Å²) in [5.41, 5.74) is 0.667. The van der Waals surface area contributed by atoms with Gasteiger partial charge in [0.15, 0.2) is 0 Å². The maximum atomic E-state index is 13.0. The molecule has 2 aromatic heterocycles. The predicted octanol–water partition coefficient (Wildman–Crippen LogP) is 3.19. The van der Waals surface area contributed by atoms with Crippen LogP contribution in [0.1, 0.15) is 11.3 Å². The second-order valence-electron chi connectivity index (χ2n) is 3.71. The number of anilines is 1. The SMILES string of the molecule is CN(Cc1ccco1)c1ncc(F)cc1CCl. The Morgan fingerprint density at radius 1 is 1.53 bits per heavy atom. The van der Waals surface area contributed by atoms with Crippen LogP contribution in [0.4, 0.5) is 10.2 Å². The second kappa shape index (κ2) is 5.19. The van der Waals surface area contributed by atoms with Gasteiger partial charge in [0.25, 0.3) is 0 Å². The quantitative estimate of drug-likeness (QED) is 0.785. The van der Waals surface area contributed by atoms with Crippen LogP contribution in [0.2, 0.25) is 0 Å². The molecule has 0 bridgehead atoms. The molecule has 0 amide bonds. The van der Waals surface area contributed by atoms with Gasteiger partial charge in [-0.2, -0.15) is 0 Å². The van der Waals surface area contributed by atoms with Gasteiger partial charge in [-0.3, -0.25) is 0 Å². The Morgan fingerprint density at radius 2 is 2.35 bits per heavy atom. The third kappa shape index (κ3) is 2.77. The average Bonchev–Trinajstić information content (AvgIpc) is 2.81. The molecule has 0 saturated carbocycles. The fraction of sp³-hybridized carbons (Fsp3) is 0.250. The Bertz CT molecular complexity index is 487. The minimum Gasteiger partial charge on any atom is -0.467 e. The number of alkyl halides is 1. The molecular weight excluding hydrogens is 243 g/mol. The Balaban J connectivity index is 2.21. The standard InChI is InChI=1S/C12H12ClFN2O/c1-16(8-11-3-2-4-17-11)12-9(6-13)5-10(14)7-15-12/h2-5,7H,6,8H2,1H3. The van der Waals surface area contributed by atoms with Gasteiger partial charge in [0.05, 0.1) is 24.9 Å². The summed E-state index contributed by atoms with van der Waals surface area (Å²) in [5.74, 6) is 1.33. The van der Waals surface area contributed by atoms with Gasteiger partial charge in [0.2, 0.25) is 0 Å². The van der Waals surface area contributed by atoms with Crippen molar-refractivity contribution in [3.8, 4) is 0 Å². The van der Waals surface area contributed by atoms with Gasteiger partial charge in [-0.15, -0.1) is 11.6 Å². The van der Waals surface area contributed by atoms with E-state index in [4.69, 9.17) is 16.0 Å². The van der Waals surface area contributed by atoms with Crippen molar-refractivity contribution in [3.63, 3.8) is 0 Å². The molecule has 3 nitrogen and oxygen atoms in total. The zero-order valence-corrected chi connectivity index (χ0v) is 10.1. The van der Waals surface area contributed by atoms with Crippen LogP contribution in [0.3, 0.4) is 0 Å². The van der Waals surface area contributed by atoms with E-state index in [-0.39, 0.29) is 11.7 Å². The lowest BCUT2D eigenvalue weighted by molar-refractivity contribution is 0.506. The van der Waals surface area contributed by atoms with Gasteiger partial charge in [-0.1, -0.05) is 0 Å². The van der Waals surface area contributed by atoms with E-state index in [2.05, 4.69) is 4.98 Å².